The van der Waals surface area contributed by atoms with Gasteiger partial charge < -0.3 is 4.74 Å². The van der Waals surface area contributed by atoms with Gasteiger partial charge >= 0.3 is 5.97 Å². The Morgan fingerprint density at radius 2 is 1.52 bits per heavy atom. The molecule has 0 aliphatic carbocycles. The molecule has 0 radical (unpaired) electrons. The minimum atomic E-state index is -3.98. The third-order valence-corrected chi connectivity index (χ3v) is 5.95. The summed E-state index contributed by atoms with van der Waals surface area (Å²) in [5.41, 5.74) is 2.12. The Balaban J connectivity index is 3.64. The van der Waals surface area contributed by atoms with E-state index >= 15 is 0 Å². The van der Waals surface area contributed by atoms with Crippen molar-refractivity contribution in [2.45, 2.75) is 43.3 Å². The first-order valence-electron chi connectivity index (χ1n) is 7.25. The first kappa shape index (κ1) is 19.2. The van der Waals surface area contributed by atoms with Crippen molar-refractivity contribution in [2.75, 3.05) is 7.11 Å². The number of esters is 1. The molecule has 0 aliphatic heterocycles. The maximum absolute atomic E-state index is 13.3. The highest BCUT2D eigenvalue weighted by atomic mass is 32.2. The largest absolute Gasteiger partial charge is 0.468 e. The second-order valence-corrected chi connectivity index (χ2v) is 8.33. The van der Waals surface area contributed by atoms with Crippen molar-refractivity contribution >= 4 is 15.8 Å². The number of rotatable bonds is 7. The SMILES string of the molecule is C=C(C)CC(CC(=C)C)(C(=O)OC)S(=O)(=O)c1ccc(C)cc1. The van der Waals surface area contributed by atoms with Crippen LogP contribution in [0.25, 0.3) is 0 Å². The van der Waals surface area contributed by atoms with Crippen molar-refractivity contribution in [1.29, 1.82) is 0 Å². The summed E-state index contributed by atoms with van der Waals surface area (Å²) in [6.45, 7) is 12.8. The lowest BCUT2D eigenvalue weighted by Crippen LogP contribution is -2.47. The molecule has 23 heavy (non-hydrogen) atoms. The minimum absolute atomic E-state index is 0.0112. The predicted octanol–water partition coefficient (Wildman–Crippen LogP) is 3.61. The maximum atomic E-state index is 13.3. The zero-order valence-corrected chi connectivity index (χ0v) is 15.0. The molecule has 0 saturated carbocycles. The van der Waals surface area contributed by atoms with Crippen molar-refractivity contribution in [1.82, 2.24) is 0 Å². The molecule has 0 aromatic heterocycles. The van der Waals surface area contributed by atoms with Gasteiger partial charge in [-0.3, -0.25) is 4.79 Å². The van der Waals surface area contributed by atoms with Gasteiger partial charge in [0.1, 0.15) is 0 Å². The molecule has 0 heterocycles. The number of aryl methyl sites for hydroxylation is 1. The quantitative estimate of drug-likeness (QED) is 0.564. The van der Waals surface area contributed by atoms with Crippen LogP contribution in [0.2, 0.25) is 0 Å². The van der Waals surface area contributed by atoms with Crippen LogP contribution in [-0.4, -0.2) is 26.2 Å². The van der Waals surface area contributed by atoms with Crippen molar-refractivity contribution < 1.29 is 17.9 Å². The highest BCUT2D eigenvalue weighted by Gasteiger charge is 2.52. The van der Waals surface area contributed by atoms with Crippen LogP contribution in [0.15, 0.2) is 53.5 Å². The smallest absolute Gasteiger partial charge is 0.328 e. The van der Waals surface area contributed by atoms with Crippen molar-refractivity contribution in [3.63, 3.8) is 0 Å². The van der Waals surface area contributed by atoms with E-state index in [2.05, 4.69) is 13.2 Å². The van der Waals surface area contributed by atoms with Gasteiger partial charge in [0.05, 0.1) is 12.0 Å². The van der Waals surface area contributed by atoms with Gasteiger partial charge in [0.15, 0.2) is 14.6 Å². The lowest BCUT2D eigenvalue weighted by Gasteiger charge is -2.31. The average molecular weight is 336 g/mol. The highest BCUT2D eigenvalue weighted by molar-refractivity contribution is 7.93. The van der Waals surface area contributed by atoms with Crippen LogP contribution in [0.5, 0.6) is 0 Å². The number of allylic oxidation sites excluding steroid dienone is 2. The molecule has 0 fully saturated rings. The molecule has 0 amide bonds. The second kappa shape index (κ2) is 7.13. The van der Waals surface area contributed by atoms with Gasteiger partial charge in [0.2, 0.25) is 0 Å². The van der Waals surface area contributed by atoms with Crippen LogP contribution in [0, 0.1) is 6.92 Å². The Morgan fingerprint density at radius 3 is 1.87 bits per heavy atom. The van der Waals surface area contributed by atoms with E-state index in [1.54, 1.807) is 26.0 Å². The fourth-order valence-corrected chi connectivity index (χ4v) is 4.73. The van der Waals surface area contributed by atoms with Gasteiger partial charge in [0, 0.05) is 0 Å². The summed E-state index contributed by atoms with van der Waals surface area (Å²) in [6.07, 6.45) is -0.0223. The zero-order chi connectivity index (χ0) is 17.8. The van der Waals surface area contributed by atoms with E-state index in [1.165, 1.54) is 19.2 Å². The normalized spacial score (nSPS) is 11.8. The molecule has 0 atom stereocenters. The van der Waals surface area contributed by atoms with E-state index < -0.39 is 20.6 Å². The predicted molar refractivity (Wildman–Crippen MR) is 92.0 cm³/mol. The first-order chi connectivity index (χ1) is 10.6. The molecule has 1 aromatic carbocycles. The summed E-state index contributed by atoms with van der Waals surface area (Å²) in [6, 6.07) is 6.44. The molecule has 5 heteroatoms. The second-order valence-electron chi connectivity index (χ2n) is 6.07. The molecule has 0 unspecified atom stereocenters. The van der Waals surface area contributed by atoms with E-state index in [4.69, 9.17) is 4.74 Å². The standard InChI is InChI=1S/C18H24O4S/c1-13(2)11-18(12-14(3)4,17(19)22-6)23(20,21)16-9-7-15(5)8-10-16/h7-10H,1,3,11-12H2,2,4-6H3. The summed E-state index contributed by atoms with van der Waals surface area (Å²) in [5, 5.41) is 0. The molecular formula is C18H24O4S. The van der Waals surface area contributed by atoms with Crippen LogP contribution < -0.4 is 0 Å². The summed E-state index contributed by atoms with van der Waals surface area (Å²) in [4.78, 5) is 12.6. The van der Waals surface area contributed by atoms with E-state index in [9.17, 15) is 13.2 Å². The number of sulfone groups is 1. The van der Waals surface area contributed by atoms with Crippen molar-refractivity contribution in [2.24, 2.45) is 0 Å². The summed E-state index contributed by atoms with van der Waals surface area (Å²) < 4.78 is 29.6. The monoisotopic (exact) mass is 336 g/mol. The Morgan fingerprint density at radius 1 is 1.09 bits per heavy atom. The number of ether oxygens (including phenoxy) is 1. The summed E-state index contributed by atoms with van der Waals surface area (Å²) >= 11 is 0. The van der Waals surface area contributed by atoms with Gasteiger partial charge in [-0.15, -0.1) is 13.2 Å². The molecule has 0 aliphatic rings. The lowest BCUT2D eigenvalue weighted by molar-refractivity contribution is -0.143. The number of benzene rings is 1. The van der Waals surface area contributed by atoms with E-state index in [-0.39, 0.29) is 17.7 Å². The average Bonchev–Trinajstić information content (AvgIpc) is 2.44. The summed E-state index contributed by atoms with van der Waals surface area (Å²) in [5.74, 6) is -0.788. The topological polar surface area (TPSA) is 60.4 Å². The number of methoxy groups -OCH3 is 1. The van der Waals surface area contributed by atoms with Gasteiger partial charge in [-0.2, -0.15) is 0 Å². The van der Waals surface area contributed by atoms with Crippen LogP contribution in [-0.2, 0) is 19.4 Å². The van der Waals surface area contributed by atoms with Crippen LogP contribution >= 0.6 is 0 Å². The van der Waals surface area contributed by atoms with E-state index in [1.807, 2.05) is 6.92 Å². The molecule has 1 aromatic rings. The van der Waals surface area contributed by atoms with Gasteiger partial charge in [-0.1, -0.05) is 28.8 Å². The Kier molecular flexibility index (Phi) is 5.94. The summed E-state index contributed by atoms with van der Waals surface area (Å²) in [7, 11) is -2.78. The van der Waals surface area contributed by atoms with Crippen LogP contribution in [0.3, 0.4) is 0 Å². The van der Waals surface area contributed by atoms with Crippen LogP contribution in [0.4, 0.5) is 0 Å². The molecule has 1 rings (SSSR count). The zero-order valence-electron chi connectivity index (χ0n) is 14.2. The fraction of sp³-hybridized carbons (Fsp3) is 0.389. The minimum Gasteiger partial charge on any atom is -0.468 e. The van der Waals surface area contributed by atoms with Crippen LogP contribution in [0.1, 0.15) is 32.3 Å². The molecule has 0 bridgehead atoms. The maximum Gasteiger partial charge on any atom is 0.328 e. The number of hydrogen-bond acceptors (Lipinski definition) is 4. The molecular weight excluding hydrogens is 312 g/mol. The molecule has 126 valence electrons. The lowest BCUT2D eigenvalue weighted by atomic mass is 9.93. The fourth-order valence-electron chi connectivity index (χ4n) is 2.61. The van der Waals surface area contributed by atoms with Crippen molar-refractivity contribution in [3.8, 4) is 0 Å². The molecule has 0 spiro atoms. The van der Waals surface area contributed by atoms with Gasteiger partial charge in [0.25, 0.3) is 0 Å². The number of carbonyl (C=O) groups excluding carboxylic acids is 1. The Bertz CT molecular complexity index is 696. The molecule has 4 nitrogen and oxygen atoms in total. The number of hydrogen-bond donors (Lipinski definition) is 0. The molecule has 0 N–H and O–H groups in total. The van der Waals surface area contributed by atoms with Crippen molar-refractivity contribution in [3.05, 3.63) is 54.1 Å². The van der Waals surface area contributed by atoms with Gasteiger partial charge in [-0.05, 0) is 45.7 Å². The Hall–Kier alpha value is -1.88. The van der Waals surface area contributed by atoms with E-state index in [0.717, 1.165) is 5.56 Å². The third kappa shape index (κ3) is 3.91. The molecule has 0 saturated heterocycles. The van der Waals surface area contributed by atoms with Gasteiger partial charge in [-0.25, -0.2) is 8.42 Å². The highest BCUT2D eigenvalue weighted by Crippen LogP contribution is 2.37. The third-order valence-electron chi connectivity index (χ3n) is 3.58. The number of carbonyl (C=O) groups is 1. The first-order valence-corrected chi connectivity index (χ1v) is 8.73. The van der Waals surface area contributed by atoms with E-state index in [0.29, 0.717) is 11.1 Å². The Labute approximate surface area is 138 Å².